The van der Waals surface area contributed by atoms with Gasteiger partial charge in [-0.15, -0.1) is 0 Å². The van der Waals surface area contributed by atoms with Gasteiger partial charge in [-0.3, -0.25) is 4.79 Å². The molecule has 2 rings (SSSR count). The minimum absolute atomic E-state index is 0.191. The number of piperidine rings is 2. The molecule has 0 saturated carbocycles. The van der Waals surface area contributed by atoms with Gasteiger partial charge in [0.25, 0.3) is 0 Å². The monoisotopic (exact) mass is 240 g/mol. The number of rotatable bonds is 3. The molecule has 17 heavy (non-hydrogen) atoms. The van der Waals surface area contributed by atoms with Crippen LogP contribution >= 0.6 is 0 Å². The van der Waals surface area contributed by atoms with Crippen molar-refractivity contribution in [2.45, 2.75) is 44.6 Å². The quantitative estimate of drug-likeness (QED) is 0.765. The van der Waals surface area contributed by atoms with Gasteiger partial charge in [0.1, 0.15) is 0 Å². The highest BCUT2D eigenvalue weighted by molar-refractivity contribution is 5.76. The zero-order valence-corrected chi connectivity index (χ0v) is 10.5. The zero-order valence-electron chi connectivity index (χ0n) is 10.5. The Balaban J connectivity index is 1.66. The summed E-state index contributed by atoms with van der Waals surface area (Å²) in [6, 6.07) is 0. The van der Waals surface area contributed by atoms with Gasteiger partial charge in [0.05, 0.1) is 6.10 Å². The van der Waals surface area contributed by atoms with Crippen LogP contribution in [0.4, 0.5) is 0 Å². The molecule has 0 radical (unpaired) electrons. The maximum Gasteiger partial charge on any atom is 0.222 e. The Hall–Kier alpha value is -0.610. The molecule has 4 nitrogen and oxygen atoms in total. The number of aliphatic hydroxyl groups excluding tert-OH is 1. The summed E-state index contributed by atoms with van der Waals surface area (Å²) in [5.74, 6) is 1.02. The molecule has 0 unspecified atom stereocenters. The minimum Gasteiger partial charge on any atom is -0.393 e. The summed E-state index contributed by atoms with van der Waals surface area (Å²) in [4.78, 5) is 13.9. The molecule has 98 valence electrons. The van der Waals surface area contributed by atoms with Crippen molar-refractivity contribution < 1.29 is 9.90 Å². The van der Waals surface area contributed by atoms with Crippen molar-refractivity contribution in [2.24, 2.45) is 5.92 Å². The number of amides is 1. The third-order valence-corrected chi connectivity index (χ3v) is 4.04. The first-order valence-corrected chi connectivity index (χ1v) is 6.92. The number of nitrogens with one attached hydrogen (secondary N) is 1. The molecule has 1 amide bonds. The van der Waals surface area contributed by atoms with Gasteiger partial charge in [-0.25, -0.2) is 0 Å². The van der Waals surface area contributed by atoms with Gasteiger partial charge >= 0.3 is 0 Å². The van der Waals surface area contributed by atoms with Crippen molar-refractivity contribution >= 4 is 5.91 Å². The molecule has 0 aromatic rings. The van der Waals surface area contributed by atoms with Crippen LogP contribution in [0.1, 0.15) is 38.5 Å². The van der Waals surface area contributed by atoms with E-state index < -0.39 is 0 Å². The maximum atomic E-state index is 12.0. The van der Waals surface area contributed by atoms with E-state index >= 15 is 0 Å². The van der Waals surface area contributed by atoms with Crippen molar-refractivity contribution in [3.8, 4) is 0 Å². The molecule has 2 N–H and O–H groups in total. The predicted octanol–water partition coefficient (Wildman–Crippen LogP) is 0.749. The first-order chi connectivity index (χ1) is 8.25. The number of likely N-dealkylation sites (tertiary alicyclic amines) is 1. The highest BCUT2D eigenvalue weighted by Crippen LogP contribution is 2.19. The van der Waals surface area contributed by atoms with E-state index in [0.29, 0.717) is 6.42 Å². The lowest BCUT2D eigenvalue weighted by molar-refractivity contribution is -0.133. The fourth-order valence-corrected chi connectivity index (χ4v) is 2.77. The first kappa shape index (κ1) is 12.8. The van der Waals surface area contributed by atoms with Gasteiger partial charge in [-0.1, -0.05) is 0 Å². The number of hydrogen-bond acceptors (Lipinski definition) is 3. The number of nitrogens with zero attached hydrogens (tertiary/aromatic N) is 1. The Morgan fingerprint density at radius 3 is 2.47 bits per heavy atom. The fourth-order valence-electron chi connectivity index (χ4n) is 2.77. The molecule has 2 aliphatic rings. The average molecular weight is 240 g/mol. The van der Waals surface area contributed by atoms with Crippen molar-refractivity contribution in [2.75, 3.05) is 26.2 Å². The maximum absolute atomic E-state index is 12.0. The molecule has 2 aliphatic heterocycles. The first-order valence-electron chi connectivity index (χ1n) is 6.92. The zero-order chi connectivity index (χ0) is 12.1. The summed E-state index contributed by atoms with van der Waals surface area (Å²) < 4.78 is 0. The Kier molecular flexibility index (Phi) is 4.80. The van der Waals surface area contributed by atoms with E-state index in [9.17, 15) is 9.90 Å². The standard InChI is InChI=1S/C13H24N2O2/c16-12-5-9-15(10-6-12)13(17)2-1-11-3-7-14-8-4-11/h11-12,14,16H,1-10H2. The SMILES string of the molecule is O=C(CCC1CCNCC1)N1CCC(O)CC1. The van der Waals surface area contributed by atoms with Crippen molar-refractivity contribution in [3.05, 3.63) is 0 Å². The molecule has 2 fully saturated rings. The predicted molar refractivity (Wildman–Crippen MR) is 66.6 cm³/mol. The Labute approximate surface area is 103 Å². The van der Waals surface area contributed by atoms with E-state index in [-0.39, 0.29) is 12.0 Å². The summed E-state index contributed by atoms with van der Waals surface area (Å²) >= 11 is 0. The molecule has 0 bridgehead atoms. The summed E-state index contributed by atoms with van der Waals surface area (Å²) in [5, 5.41) is 12.7. The minimum atomic E-state index is -0.191. The van der Waals surface area contributed by atoms with Gasteiger partial charge in [0.2, 0.25) is 5.91 Å². The van der Waals surface area contributed by atoms with Crippen LogP contribution in [0.25, 0.3) is 0 Å². The molecule has 4 heteroatoms. The molecular weight excluding hydrogens is 216 g/mol. The summed E-state index contributed by atoms with van der Waals surface area (Å²) in [5.41, 5.74) is 0. The Morgan fingerprint density at radius 2 is 1.82 bits per heavy atom. The van der Waals surface area contributed by atoms with Crippen LogP contribution in [0, 0.1) is 5.92 Å². The molecular formula is C13H24N2O2. The van der Waals surface area contributed by atoms with Gasteiger partial charge in [0, 0.05) is 19.5 Å². The number of aliphatic hydroxyl groups is 1. The lowest BCUT2D eigenvalue weighted by atomic mass is 9.93. The van der Waals surface area contributed by atoms with Crippen LogP contribution in [0.2, 0.25) is 0 Å². The largest absolute Gasteiger partial charge is 0.393 e. The van der Waals surface area contributed by atoms with Crippen LogP contribution < -0.4 is 5.32 Å². The van der Waals surface area contributed by atoms with Gasteiger partial charge < -0.3 is 15.3 Å². The normalized spacial score (nSPS) is 23.9. The highest BCUT2D eigenvalue weighted by Gasteiger charge is 2.22. The van der Waals surface area contributed by atoms with Crippen LogP contribution in [0.3, 0.4) is 0 Å². The van der Waals surface area contributed by atoms with E-state index in [1.807, 2.05) is 4.90 Å². The third kappa shape index (κ3) is 3.96. The van der Waals surface area contributed by atoms with Crippen LogP contribution in [-0.4, -0.2) is 48.2 Å². The topological polar surface area (TPSA) is 52.6 Å². The van der Waals surface area contributed by atoms with Crippen molar-refractivity contribution in [1.82, 2.24) is 10.2 Å². The Bertz CT molecular complexity index is 244. The lowest BCUT2D eigenvalue weighted by Crippen LogP contribution is -2.40. The third-order valence-electron chi connectivity index (χ3n) is 4.04. The summed E-state index contributed by atoms with van der Waals surface area (Å²) in [6.45, 7) is 3.70. The number of carbonyl (C=O) groups is 1. The van der Waals surface area contributed by atoms with Crippen LogP contribution in [-0.2, 0) is 4.79 Å². The van der Waals surface area contributed by atoms with E-state index in [1.54, 1.807) is 0 Å². The summed E-state index contributed by atoms with van der Waals surface area (Å²) in [7, 11) is 0. The van der Waals surface area contributed by atoms with Crippen molar-refractivity contribution in [1.29, 1.82) is 0 Å². The Morgan fingerprint density at radius 1 is 1.18 bits per heavy atom. The smallest absolute Gasteiger partial charge is 0.222 e. The van der Waals surface area contributed by atoms with E-state index in [0.717, 1.165) is 51.4 Å². The van der Waals surface area contributed by atoms with E-state index in [2.05, 4.69) is 5.32 Å². The second kappa shape index (κ2) is 6.36. The fraction of sp³-hybridized carbons (Fsp3) is 0.923. The second-order valence-corrected chi connectivity index (χ2v) is 5.34. The lowest BCUT2D eigenvalue weighted by Gasteiger charge is -2.30. The number of carbonyl (C=O) groups excluding carboxylic acids is 1. The van der Waals surface area contributed by atoms with Gasteiger partial charge in [0.15, 0.2) is 0 Å². The van der Waals surface area contributed by atoms with Gasteiger partial charge in [-0.2, -0.15) is 0 Å². The van der Waals surface area contributed by atoms with Gasteiger partial charge in [-0.05, 0) is 51.1 Å². The summed E-state index contributed by atoms with van der Waals surface area (Å²) in [6.07, 6.45) is 5.47. The molecule has 0 aromatic heterocycles. The molecule has 2 saturated heterocycles. The van der Waals surface area contributed by atoms with E-state index in [4.69, 9.17) is 0 Å². The van der Waals surface area contributed by atoms with Crippen LogP contribution in [0.5, 0.6) is 0 Å². The highest BCUT2D eigenvalue weighted by atomic mass is 16.3. The van der Waals surface area contributed by atoms with Crippen molar-refractivity contribution in [3.63, 3.8) is 0 Å². The molecule has 0 spiro atoms. The number of hydrogen-bond donors (Lipinski definition) is 2. The second-order valence-electron chi connectivity index (χ2n) is 5.34. The van der Waals surface area contributed by atoms with Crippen LogP contribution in [0.15, 0.2) is 0 Å². The molecule has 0 aliphatic carbocycles. The molecule has 0 atom stereocenters. The average Bonchev–Trinajstić information content (AvgIpc) is 2.38. The van der Waals surface area contributed by atoms with E-state index in [1.165, 1.54) is 12.8 Å². The molecule has 0 aromatic carbocycles. The molecule has 2 heterocycles.